The molecular weight excluding hydrogens is 321 g/mol. The molecule has 1 heterocycles. The molecule has 0 saturated heterocycles. The van der Waals surface area contributed by atoms with Gasteiger partial charge < -0.3 is 5.11 Å². The van der Waals surface area contributed by atoms with Gasteiger partial charge in [-0.05, 0) is 12.8 Å². The van der Waals surface area contributed by atoms with Gasteiger partial charge in [0.25, 0.3) is 10.0 Å². The van der Waals surface area contributed by atoms with E-state index >= 15 is 0 Å². The molecule has 1 aromatic heterocycles. The first-order chi connectivity index (χ1) is 8.28. The highest BCUT2D eigenvalue weighted by molar-refractivity contribution is 7.91. The molecule has 0 bridgehead atoms. The van der Waals surface area contributed by atoms with Crippen molar-refractivity contribution in [1.82, 2.24) is 4.72 Å². The fraction of sp³-hybridized carbons (Fsp3) is 0.444. The van der Waals surface area contributed by atoms with Gasteiger partial charge in [-0.25, -0.2) is 13.1 Å². The Balaban J connectivity index is 2.14. The third-order valence-electron chi connectivity index (χ3n) is 2.81. The lowest BCUT2D eigenvalue weighted by Crippen LogP contribution is -2.34. The van der Waals surface area contributed by atoms with Crippen molar-refractivity contribution >= 4 is 50.5 Å². The Labute approximate surface area is 118 Å². The minimum Gasteiger partial charge on any atom is -0.481 e. The molecule has 2 N–H and O–H groups in total. The van der Waals surface area contributed by atoms with Crippen molar-refractivity contribution in [3.05, 3.63) is 15.4 Å². The largest absolute Gasteiger partial charge is 0.481 e. The predicted octanol–water partition coefficient (Wildman–Crippen LogP) is 2.20. The van der Waals surface area contributed by atoms with Crippen LogP contribution in [0, 0.1) is 5.41 Å². The van der Waals surface area contributed by atoms with E-state index in [0.29, 0.717) is 12.8 Å². The molecule has 9 heteroatoms. The van der Waals surface area contributed by atoms with E-state index in [0.717, 1.165) is 11.3 Å². The van der Waals surface area contributed by atoms with E-state index in [9.17, 15) is 13.2 Å². The van der Waals surface area contributed by atoms with Crippen molar-refractivity contribution in [3.8, 4) is 0 Å². The molecule has 100 valence electrons. The first kappa shape index (κ1) is 14.1. The van der Waals surface area contributed by atoms with E-state index in [1.165, 1.54) is 5.38 Å². The van der Waals surface area contributed by atoms with Crippen molar-refractivity contribution in [3.63, 3.8) is 0 Å². The van der Waals surface area contributed by atoms with Gasteiger partial charge in [-0.1, -0.05) is 23.2 Å². The summed E-state index contributed by atoms with van der Waals surface area (Å²) in [6.07, 6.45) is 0.952. The highest BCUT2D eigenvalue weighted by Crippen LogP contribution is 2.45. The minimum absolute atomic E-state index is 0.0330. The minimum atomic E-state index is -3.81. The van der Waals surface area contributed by atoms with Crippen LogP contribution in [0.15, 0.2) is 9.59 Å². The van der Waals surface area contributed by atoms with Crippen LogP contribution < -0.4 is 4.72 Å². The third-order valence-corrected chi connectivity index (χ3v) is 6.89. The van der Waals surface area contributed by atoms with Crippen molar-refractivity contribution in [1.29, 1.82) is 0 Å². The number of carboxylic acid groups (broad SMARTS) is 1. The summed E-state index contributed by atoms with van der Waals surface area (Å²) >= 11 is 12.3. The molecule has 1 fully saturated rings. The van der Waals surface area contributed by atoms with E-state index in [-0.39, 0.29) is 20.8 Å². The van der Waals surface area contributed by atoms with Crippen LogP contribution in [0.3, 0.4) is 0 Å². The van der Waals surface area contributed by atoms with Gasteiger partial charge in [-0.2, -0.15) is 0 Å². The zero-order valence-electron chi connectivity index (χ0n) is 8.94. The summed E-state index contributed by atoms with van der Waals surface area (Å²) in [7, 11) is -3.81. The second-order valence-corrected chi connectivity index (χ2v) is 7.72. The van der Waals surface area contributed by atoms with Crippen molar-refractivity contribution in [2.24, 2.45) is 5.41 Å². The normalized spacial score (nSPS) is 17.7. The fourth-order valence-corrected chi connectivity index (χ4v) is 4.61. The van der Waals surface area contributed by atoms with Gasteiger partial charge in [0, 0.05) is 11.9 Å². The lowest BCUT2D eigenvalue weighted by Gasteiger charge is -2.10. The Kier molecular flexibility index (Phi) is 3.63. The Bertz CT molecular complexity index is 592. The maximum absolute atomic E-state index is 11.9. The van der Waals surface area contributed by atoms with E-state index in [1.54, 1.807) is 0 Å². The molecule has 0 spiro atoms. The summed E-state index contributed by atoms with van der Waals surface area (Å²) in [4.78, 5) is 10.9. The first-order valence-corrected chi connectivity index (χ1v) is 8.06. The zero-order valence-corrected chi connectivity index (χ0v) is 12.1. The van der Waals surface area contributed by atoms with Gasteiger partial charge in [0.15, 0.2) is 4.21 Å². The SMILES string of the molecule is O=C(O)C1(CNS(=O)(=O)c2scc(Cl)c2Cl)CC1. The second kappa shape index (κ2) is 4.64. The summed E-state index contributed by atoms with van der Waals surface area (Å²) < 4.78 is 26.0. The smallest absolute Gasteiger partial charge is 0.310 e. The van der Waals surface area contributed by atoms with E-state index in [1.807, 2.05) is 0 Å². The van der Waals surface area contributed by atoms with Gasteiger partial charge in [-0.15, -0.1) is 11.3 Å². The van der Waals surface area contributed by atoms with E-state index in [4.69, 9.17) is 28.3 Å². The summed E-state index contributed by atoms with van der Waals surface area (Å²) in [6, 6.07) is 0. The van der Waals surface area contributed by atoms with Gasteiger partial charge in [0.05, 0.1) is 15.5 Å². The number of sulfonamides is 1. The molecule has 1 aromatic rings. The first-order valence-electron chi connectivity index (χ1n) is 4.94. The molecule has 1 aliphatic rings. The van der Waals surface area contributed by atoms with Crippen LogP contribution >= 0.6 is 34.5 Å². The number of rotatable bonds is 5. The van der Waals surface area contributed by atoms with Crippen LogP contribution in [0.5, 0.6) is 0 Å². The van der Waals surface area contributed by atoms with Crippen molar-refractivity contribution < 1.29 is 18.3 Å². The summed E-state index contributed by atoms with van der Waals surface area (Å²) in [5.74, 6) is -0.986. The molecule has 2 rings (SSSR count). The molecule has 18 heavy (non-hydrogen) atoms. The third kappa shape index (κ3) is 2.50. The van der Waals surface area contributed by atoms with Gasteiger partial charge in [0.2, 0.25) is 0 Å². The average molecular weight is 330 g/mol. The van der Waals surface area contributed by atoms with E-state index < -0.39 is 21.4 Å². The van der Waals surface area contributed by atoms with Crippen LogP contribution in [-0.2, 0) is 14.8 Å². The molecule has 0 radical (unpaired) electrons. The molecule has 0 unspecified atom stereocenters. The van der Waals surface area contributed by atoms with Gasteiger partial charge in [-0.3, -0.25) is 4.79 Å². The topological polar surface area (TPSA) is 83.5 Å². The van der Waals surface area contributed by atoms with E-state index in [2.05, 4.69) is 4.72 Å². The molecule has 1 saturated carbocycles. The Hall–Kier alpha value is -0.340. The maximum atomic E-state index is 11.9. The number of nitrogens with one attached hydrogen (secondary N) is 1. The van der Waals surface area contributed by atoms with Crippen molar-refractivity contribution in [2.45, 2.75) is 17.1 Å². The number of carboxylic acids is 1. The number of halogens is 2. The lowest BCUT2D eigenvalue weighted by molar-refractivity contribution is -0.143. The zero-order chi connectivity index (χ0) is 13.6. The Morgan fingerprint density at radius 3 is 2.50 bits per heavy atom. The number of thiophene rings is 1. The maximum Gasteiger partial charge on any atom is 0.310 e. The second-order valence-electron chi connectivity index (χ2n) is 4.10. The highest BCUT2D eigenvalue weighted by Gasteiger charge is 2.50. The number of hydrogen-bond acceptors (Lipinski definition) is 4. The number of hydrogen-bond donors (Lipinski definition) is 2. The quantitative estimate of drug-likeness (QED) is 0.867. The van der Waals surface area contributed by atoms with Gasteiger partial charge >= 0.3 is 5.97 Å². The Morgan fingerprint density at radius 1 is 1.50 bits per heavy atom. The Morgan fingerprint density at radius 2 is 2.11 bits per heavy atom. The highest BCUT2D eigenvalue weighted by atomic mass is 35.5. The summed E-state index contributed by atoms with van der Waals surface area (Å²) in [6.45, 7) is -0.128. The van der Waals surface area contributed by atoms with Crippen molar-refractivity contribution in [2.75, 3.05) is 6.54 Å². The summed E-state index contributed by atoms with van der Waals surface area (Å²) in [5, 5.41) is 10.5. The average Bonchev–Trinajstić information content (AvgIpc) is 3.00. The monoisotopic (exact) mass is 329 g/mol. The molecular formula is C9H9Cl2NO4S2. The fourth-order valence-electron chi connectivity index (χ4n) is 1.40. The molecule has 0 aromatic carbocycles. The lowest BCUT2D eigenvalue weighted by atomic mass is 10.1. The van der Waals surface area contributed by atoms with Crippen LogP contribution in [0.2, 0.25) is 10.0 Å². The molecule has 0 atom stereocenters. The van der Waals surface area contributed by atoms with Gasteiger partial charge in [0.1, 0.15) is 0 Å². The number of carbonyl (C=O) groups is 1. The summed E-state index contributed by atoms with van der Waals surface area (Å²) in [5.41, 5.74) is -0.958. The van der Waals surface area contributed by atoms with Crippen LogP contribution in [-0.4, -0.2) is 26.0 Å². The van der Waals surface area contributed by atoms with Crippen LogP contribution in [0.1, 0.15) is 12.8 Å². The molecule has 0 amide bonds. The molecule has 1 aliphatic carbocycles. The molecule has 0 aliphatic heterocycles. The van der Waals surface area contributed by atoms with Crippen LogP contribution in [0.4, 0.5) is 0 Å². The standard InChI is InChI=1S/C9H9Cl2NO4S2/c10-5-3-17-7(6(5)11)18(15,16)12-4-9(1-2-9)8(13)14/h3,12H,1-2,4H2,(H,13,14). The predicted molar refractivity (Wildman–Crippen MR) is 68.8 cm³/mol. The number of aliphatic carboxylic acids is 1. The molecule has 5 nitrogen and oxygen atoms in total. The van der Waals surface area contributed by atoms with Crippen LogP contribution in [0.25, 0.3) is 0 Å².